The molecule has 56 valence electrons. The van der Waals surface area contributed by atoms with E-state index in [1.807, 2.05) is 6.08 Å². The van der Waals surface area contributed by atoms with Gasteiger partial charge < -0.3 is 5.11 Å². The van der Waals surface area contributed by atoms with Crippen LogP contribution in [0.1, 0.15) is 6.42 Å². The van der Waals surface area contributed by atoms with Crippen molar-refractivity contribution in [3.05, 3.63) is 20.8 Å². The van der Waals surface area contributed by atoms with Crippen molar-refractivity contribution in [2.45, 2.75) is 11.2 Å². The van der Waals surface area contributed by atoms with Crippen LogP contribution in [-0.2, 0) is 0 Å². The van der Waals surface area contributed by atoms with Gasteiger partial charge in [0.15, 0.2) is 0 Å². The van der Waals surface area contributed by atoms with E-state index in [2.05, 4.69) is 47.8 Å². The zero-order valence-corrected chi connectivity index (χ0v) is 9.70. The van der Waals surface area contributed by atoms with Gasteiger partial charge in [0.05, 0.1) is 9.31 Å². The normalized spacial score (nSPS) is 26.7. The van der Waals surface area contributed by atoms with Crippen LogP contribution in [0.2, 0.25) is 0 Å². The Morgan fingerprint density at radius 1 is 1.50 bits per heavy atom. The van der Waals surface area contributed by atoms with Gasteiger partial charge in [-0.15, -0.1) is 0 Å². The maximum absolute atomic E-state index is 9.28. The van der Waals surface area contributed by atoms with Crippen LogP contribution in [-0.4, -0.2) is 9.93 Å². The van der Waals surface area contributed by atoms with Gasteiger partial charge in [0.25, 0.3) is 0 Å². The number of aliphatic hydroxyl groups is 1. The molecular weight excluding hydrogens is 328 g/mol. The summed E-state index contributed by atoms with van der Waals surface area (Å²) in [4.78, 5) is 0.0428. The van der Waals surface area contributed by atoms with Crippen molar-refractivity contribution in [1.82, 2.24) is 0 Å². The van der Waals surface area contributed by atoms with E-state index >= 15 is 0 Å². The molecular formula is C6H5Br3O. The first-order valence-electron chi connectivity index (χ1n) is 2.70. The summed E-state index contributed by atoms with van der Waals surface area (Å²) in [7, 11) is 0. The van der Waals surface area contributed by atoms with Gasteiger partial charge in [-0.05, 0) is 32.9 Å². The quantitative estimate of drug-likeness (QED) is 0.672. The Labute approximate surface area is 84.6 Å². The summed E-state index contributed by atoms with van der Waals surface area (Å²) in [5.41, 5.74) is 0. The average molecular weight is 333 g/mol. The fourth-order valence-corrected chi connectivity index (χ4v) is 3.44. The third-order valence-corrected chi connectivity index (χ3v) is 3.14. The number of hydrogen-bond acceptors (Lipinski definition) is 1. The average Bonchev–Trinajstić information content (AvgIpc) is 1.82. The van der Waals surface area contributed by atoms with E-state index in [0.29, 0.717) is 5.76 Å². The standard InChI is InChI=1S/C6H5Br3O/c7-3-1-4(8)6(10)5(9)2-3/h1,5,10H,2H2/t5-/m0/s1. The highest BCUT2D eigenvalue weighted by Gasteiger charge is 2.18. The minimum Gasteiger partial charge on any atom is -0.510 e. The molecule has 0 aromatic heterocycles. The van der Waals surface area contributed by atoms with Gasteiger partial charge in [0.1, 0.15) is 5.76 Å². The van der Waals surface area contributed by atoms with Gasteiger partial charge in [-0.1, -0.05) is 31.9 Å². The second-order valence-electron chi connectivity index (χ2n) is 2.00. The molecule has 0 unspecified atom stereocenters. The SMILES string of the molecule is OC1=C(Br)C=C(Br)C[C@@H]1Br. The molecule has 1 rings (SSSR count). The molecule has 1 nitrogen and oxygen atoms in total. The first-order valence-corrected chi connectivity index (χ1v) is 5.20. The minimum atomic E-state index is 0.0428. The first-order chi connectivity index (χ1) is 4.61. The van der Waals surface area contributed by atoms with E-state index in [4.69, 9.17) is 0 Å². The monoisotopic (exact) mass is 330 g/mol. The number of aliphatic hydroxyl groups excluding tert-OH is 1. The topological polar surface area (TPSA) is 20.2 Å². The molecule has 0 aromatic rings. The van der Waals surface area contributed by atoms with Gasteiger partial charge in [-0.2, -0.15) is 0 Å². The van der Waals surface area contributed by atoms with Crippen molar-refractivity contribution in [3.8, 4) is 0 Å². The predicted octanol–water partition coefficient (Wildman–Crippen LogP) is 3.60. The molecule has 0 aliphatic heterocycles. The lowest BCUT2D eigenvalue weighted by molar-refractivity contribution is 0.392. The Bertz CT molecular complexity index is 207. The van der Waals surface area contributed by atoms with E-state index < -0.39 is 0 Å². The smallest absolute Gasteiger partial charge is 0.120 e. The maximum Gasteiger partial charge on any atom is 0.120 e. The van der Waals surface area contributed by atoms with E-state index in [9.17, 15) is 5.11 Å². The fourth-order valence-electron chi connectivity index (χ4n) is 0.688. The zero-order valence-electron chi connectivity index (χ0n) is 4.94. The van der Waals surface area contributed by atoms with Crippen LogP contribution < -0.4 is 0 Å². The number of rotatable bonds is 0. The summed E-state index contributed by atoms with van der Waals surface area (Å²) >= 11 is 9.91. The molecule has 0 saturated heterocycles. The third kappa shape index (κ3) is 1.86. The molecule has 1 aliphatic carbocycles. The Balaban J connectivity index is 2.92. The molecule has 0 saturated carbocycles. The lowest BCUT2D eigenvalue weighted by atomic mass is 10.2. The van der Waals surface area contributed by atoms with Crippen LogP contribution in [0, 0.1) is 0 Å². The molecule has 10 heavy (non-hydrogen) atoms. The van der Waals surface area contributed by atoms with Gasteiger partial charge in [-0.3, -0.25) is 0 Å². The molecule has 1 N–H and O–H groups in total. The van der Waals surface area contributed by atoms with Crippen molar-refractivity contribution < 1.29 is 5.11 Å². The van der Waals surface area contributed by atoms with E-state index in [1.54, 1.807) is 0 Å². The van der Waals surface area contributed by atoms with Crippen LogP contribution in [0.5, 0.6) is 0 Å². The number of halogens is 3. The summed E-state index contributed by atoms with van der Waals surface area (Å²) in [6.07, 6.45) is 2.66. The Morgan fingerprint density at radius 3 is 2.60 bits per heavy atom. The molecule has 0 amide bonds. The second-order valence-corrected chi connectivity index (χ2v) is 4.97. The van der Waals surface area contributed by atoms with Gasteiger partial charge in [0, 0.05) is 0 Å². The lowest BCUT2D eigenvalue weighted by Crippen LogP contribution is -2.06. The minimum absolute atomic E-state index is 0.0428. The zero-order chi connectivity index (χ0) is 7.72. The first kappa shape index (κ1) is 8.81. The highest BCUT2D eigenvalue weighted by atomic mass is 79.9. The molecule has 0 radical (unpaired) electrons. The van der Waals surface area contributed by atoms with Crippen molar-refractivity contribution in [3.63, 3.8) is 0 Å². The molecule has 1 aliphatic rings. The van der Waals surface area contributed by atoms with Gasteiger partial charge in [-0.25, -0.2) is 0 Å². The summed E-state index contributed by atoms with van der Waals surface area (Å²) in [6, 6.07) is 0. The van der Waals surface area contributed by atoms with E-state index in [-0.39, 0.29) is 4.83 Å². The molecule has 1 atom stereocenters. The van der Waals surface area contributed by atoms with Crippen LogP contribution in [0.15, 0.2) is 20.8 Å². The molecule has 0 fully saturated rings. The van der Waals surface area contributed by atoms with Crippen LogP contribution in [0.25, 0.3) is 0 Å². The summed E-state index contributed by atoms with van der Waals surface area (Å²) < 4.78 is 1.83. The Kier molecular flexibility index (Phi) is 3.01. The summed E-state index contributed by atoms with van der Waals surface area (Å²) in [6.45, 7) is 0. The van der Waals surface area contributed by atoms with Crippen molar-refractivity contribution in [2.24, 2.45) is 0 Å². The Morgan fingerprint density at radius 2 is 2.10 bits per heavy atom. The largest absolute Gasteiger partial charge is 0.510 e. The van der Waals surface area contributed by atoms with E-state index in [0.717, 1.165) is 15.4 Å². The van der Waals surface area contributed by atoms with E-state index in [1.165, 1.54) is 0 Å². The number of alkyl halides is 1. The second kappa shape index (κ2) is 3.41. The number of hydrogen-bond donors (Lipinski definition) is 1. The summed E-state index contributed by atoms with van der Waals surface area (Å²) in [5.74, 6) is 0.364. The van der Waals surface area contributed by atoms with Crippen LogP contribution in [0.3, 0.4) is 0 Å². The highest BCUT2D eigenvalue weighted by molar-refractivity contribution is 9.12. The number of allylic oxidation sites excluding steroid dienone is 4. The lowest BCUT2D eigenvalue weighted by Gasteiger charge is -2.14. The maximum atomic E-state index is 9.28. The molecule has 0 aromatic carbocycles. The molecule has 0 heterocycles. The van der Waals surface area contributed by atoms with Crippen molar-refractivity contribution in [2.75, 3.05) is 0 Å². The van der Waals surface area contributed by atoms with Crippen LogP contribution >= 0.6 is 47.8 Å². The highest BCUT2D eigenvalue weighted by Crippen LogP contribution is 2.33. The Hall–Kier alpha value is 0.720. The van der Waals surface area contributed by atoms with Gasteiger partial charge >= 0.3 is 0 Å². The predicted molar refractivity (Wildman–Crippen MR) is 52.9 cm³/mol. The van der Waals surface area contributed by atoms with Crippen molar-refractivity contribution >= 4 is 47.8 Å². The molecule has 0 bridgehead atoms. The summed E-state index contributed by atoms with van der Waals surface area (Å²) in [5, 5.41) is 9.28. The molecule has 0 spiro atoms. The van der Waals surface area contributed by atoms with Gasteiger partial charge in [0.2, 0.25) is 0 Å². The molecule has 4 heteroatoms. The van der Waals surface area contributed by atoms with Crippen molar-refractivity contribution in [1.29, 1.82) is 0 Å². The van der Waals surface area contributed by atoms with Crippen LogP contribution in [0.4, 0.5) is 0 Å². The fraction of sp³-hybridized carbons (Fsp3) is 0.333. The third-order valence-electron chi connectivity index (χ3n) is 1.20.